The van der Waals surface area contributed by atoms with Gasteiger partial charge in [0.05, 0.1) is 11.9 Å². The van der Waals surface area contributed by atoms with Crippen LogP contribution in [0.4, 0.5) is 5.82 Å². The van der Waals surface area contributed by atoms with Crippen molar-refractivity contribution < 1.29 is 0 Å². The van der Waals surface area contributed by atoms with E-state index >= 15 is 0 Å². The van der Waals surface area contributed by atoms with Crippen LogP contribution in [0.25, 0.3) is 5.69 Å². The molecule has 3 heteroatoms. The smallest absolute Gasteiger partial charge is 0.130 e. The van der Waals surface area contributed by atoms with E-state index in [0.29, 0.717) is 0 Å². The molecule has 3 nitrogen and oxygen atoms in total. The molecule has 2 rings (SSSR count). The van der Waals surface area contributed by atoms with E-state index in [1.165, 1.54) is 0 Å². The Balaban J connectivity index is 2.48. The molecule has 0 aliphatic heterocycles. The van der Waals surface area contributed by atoms with Gasteiger partial charge in [-0.2, -0.15) is 5.10 Å². The van der Waals surface area contributed by atoms with E-state index < -0.39 is 0 Å². The third-order valence-electron chi connectivity index (χ3n) is 2.27. The fourth-order valence-corrected chi connectivity index (χ4v) is 1.44. The predicted octanol–water partition coefficient (Wildman–Crippen LogP) is 2.02. The zero-order valence-electron chi connectivity index (χ0n) is 8.14. The summed E-state index contributed by atoms with van der Waals surface area (Å²) >= 11 is 0. The summed E-state index contributed by atoms with van der Waals surface area (Å²) in [5.74, 6) is 0.735. The molecule has 0 amide bonds. The van der Waals surface area contributed by atoms with E-state index in [1.807, 2.05) is 36.5 Å². The zero-order valence-corrected chi connectivity index (χ0v) is 8.14. The van der Waals surface area contributed by atoms with Gasteiger partial charge in [0.25, 0.3) is 0 Å². The Labute approximate surface area is 83.2 Å². The molecule has 0 aliphatic carbocycles. The third-order valence-corrected chi connectivity index (χ3v) is 2.27. The average molecular weight is 187 g/mol. The molecule has 0 unspecified atom stereocenters. The Hall–Kier alpha value is -1.77. The second-order valence-corrected chi connectivity index (χ2v) is 3.16. The van der Waals surface area contributed by atoms with Crippen LogP contribution in [0.5, 0.6) is 0 Å². The molecule has 1 heterocycles. The summed E-state index contributed by atoms with van der Waals surface area (Å²) in [5.41, 5.74) is 8.04. The van der Waals surface area contributed by atoms with E-state index in [2.05, 4.69) is 12.0 Å². The highest BCUT2D eigenvalue weighted by Gasteiger charge is 2.05. The summed E-state index contributed by atoms with van der Waals surface area (Å²) < 4.78 is 1.76. The molecule has 0 fully saturated rings. The van der Waals surface area contributed by atoms with Crippen molar-refractivity contribution in [1.29, 1.82) is 0 Å². The standard InChI is InChI=1S/C11H13N3/c1-2-9-8-13-14(11(9)12)10-6-4-3-5-7-10/h3-8H,2,12H2,1H3. The minimum absolute atomic E-state index is 0.735. The van der Waals surface area contributed by atoms with Gasteiger partial charge in [-0.05, 0) is 18.6 Å². The number of benzene rings is 1. The van der Waals surface area contributed by atoms with Crippen LogP contribution in [0.2, 0.25) is 0 Å². The van der Waals surface area contributed by atoms with Gasteiger partial charge in [-0.25, -0.2) is 4.68 Å². The van der Waals surface area contributed by atoms with Crippen molar-refractivity contribution in [3.8, 4) is 5.69 Å². The van der Waals surface area contributed by atoms with Crippen LogP contribution in [-0.2, 0) is 6.42 Å². The van der Waals surface area contributed by atoms with E-state index in [1.54, 1.807) is 4.68 Å². The minimum Gasteiger partial charge on any atom is -0.383 e. The summed E-state index contributed by atoms with van der Waals surface area (Å²) in [6.45, 7) is 2.07. The van der Waals surface area contributed by atoms with Gasteiger partial charge >= 0.3 is 0 Å². The first-order valence-corrected chi connectivity index (χ1v) is 4.70. The SMILES string of the molecule is CCc1cnn(-c2ccccc2)c1N. The van der Waals surface area contributed by atoms with Crippen LogP contribution < -0.4 is 5.73 Å². The Morgan fingerprint density at radius 1 is 1.29 bits per heavy atom. The van der Waals surface area contributed by atoms with Gasteiger partial charge in [-0.15, -0.1) is 0 Å². The van der Waals surface area contributed by atoms with Gasteiger partial charge in [0.2, 0.25) is 0 Å². The van der Waals surface area contributed by atoms with Gasteiger partial charge in [0, 0.05) is 5.56 Å². The zero-order chi connectivity index (χ0) is 9.97. The largest absolute Gasteiger partial charge is 0.383 e. The monoisotopic (exact) mass is 187 g/mol. The normalized spacial score (nSPS) is 10.4. The van der Waals surface area contributed by atoms with Crippen molar-refractivity contribution >= 4 is 5.82 Å². The lowest BCUT2D eigenvalue weighted by Gasteiger charge is -2.03. The summed E-state index contributed by atoms with van der Waals surface area (Å²) in [6, 6.07) is 9.90. The van der Waals surface area contributed by atoms with Gasteiger partial charge in [0.15, 0.2) is 0 Å². The number of hydrogen-bond acceptors (Lipinski definition) is 2. The van der Waals surface area contributed by atoms with E-state index in [-0.39, 0.29) is 0 Å². The number of hydrogen-bond donors (Lipinski definition) is 1. The highest BCUT2D eigenvalue weighted by atomic mass is 15.3. The first-order chi connectivity index (χ1) is 6.83. The molecule has 0 radical (unpaired) electrons. The molecule has 72 valence electrons. The number of para-hydroxylation sites is 1. The maximum Gasteiger partial charge on any atom is 0.130 e. The molecule has 2 aromatic rings. The number of aromatic nitrogens is 2. The summed E-state index contributed by atoms with van der Waals surface area (Å²) in [4.78, 5) is 0. The number of nitrogens with two attached hydrogens (primary N) is 1. The number of aryl methyl sites for hydroxylation is 1. The van der Waals surface area contributed by atoms with Gasteiger partial charge in [-0.3, -0.25) is 0 Å². The quantitative estimate of drug-likeness (QED) is 0.781. The minimum atomic E-state index is 0.735. The molecule has 0 saturated carbocycles. The molecule has 0 saturated heterocycles. The van der Waals surface area contributed by atoms with Crippen LogP contribution in [-0.4, -0.2) is 9.78 Å². The molecule has 14 heavy (non-hydrogen) atoms. The average Bonchev–Trinajstić information content (AvgIpc) is 2.61. The summed E-state index contributed by atoms with van der Waals surface area (Å²) in [7, 11) is 0. The van der Waals surface area contributed by atoms with E-state index in [9.17, 15) is 0 Å². The maximum atomic E-state index is 5.95. The number of nitrogens with zero attached hydrogens (tertiary/aromatic N) is 2. The Bertz CT molecular complexity index is 417. The van der Waals surface area contributed by atoms with Crippen molar-refractivity contribution in [2.45, 2.75) is 13.3 Å². The van der Waals surface area contributed by atoms with Crippen LogP contribution in [0.1, 0.15) is 12.5 Å². The molecule has 2 N–H and O–H groups in total. The number of anilines is 1. The molecule has 1 aromatic carbocycles. The van der Waals surface area contributed by atoms with Gasteiger partial charge in [-0.1, -0.05) is 25.1 Å². The Morgan fingerprint density at radius 2 is 2.00 bits per heavy atom. The summed E-state index contributed by atoms with van der Waals surface area (Å²) in [5, 5.41) is 4.25. The topological polar surface area (TPSA) is 43.8 Å². The lowest BCUT2D eigenvalue weighted by atomic mass is 10.2. The maximum absolute atomic E-state index is 5.95. The van der Waals surface area contributed by atoms with Gasteiger partial charge in [0.1, 0.15) is 5.82 Å². The molecule has 0 atom stereocenters. The van der Waals surface area contributed by atoms with E-state index in [4.69, 9.17) is 5.73 Å². The van der Waals surface area contributed by atoms with Crippen molar-refractivity contribution in [2.75, 3.05) is 5.73 Å². The lowest BCUT2D eigenvalue weighted by Crippen LogP contribution is -2.02. The van der Waals surface area contributed by atoms with Crippen LogP contribution in [0.15, 0.2) is 36.5 Å². The van der Waals surface area contributed by atoms with Gasteiger partial charge < -0.3 is 5.73 Å². The van der Waals surface area contributed by atoms with Crippen molar-refractivity contribution in [3.05, 3.63) is 42.1 Å². The predicted molar refractivity (Wildman–Crippen MR) is 57.4 cm³/mol. The molecule has 1 aromatic heterocycles. The molecular formula is C11H13N3. The molecule has 0 bridgehead atoms. The number of nitrogen functional groups attached to an aromatic ring is 1. The summed E-state index contributed by atoms with van der Waals surface area (Å²) in [6.07, 6.45) is 2.74. The fraction of sp³-hybridized carbons (Fsp3) is 0.182. The Kier molecular flexibility index (Phi) is 2.23. The first-order valence-electron chi connectivity index (χ1n) is 4.70. The lowest BCUT2D eigenvalue weighted by molar-refractivity contribution is 0.891. The number of rotatable bonds is 2. The molecule has 0 aliphatic rings. The van der Waals surface area contributed by atoms with Crippen LogP contribution in [0.3, 0.4) is 0 Å². The third kappa shape index (κ3) is 1.37. The fourth-order valence-electron chi connectivity index (χ4n) is 1.44. The van der Waals surface area contributed by atoms with Crippen molar-refractivity contribution in [3.63, 3.8) is 0 Å². The molecule has 0 spiro atoms. The Morgan fingerprint density at radius 3 is 2.57 bits per heavy atom. The van der Waals surface area contributed by atoms with Crippen LogP contribution >= 0.6 is 0 Å². The van der Waals surface area contributed by atoms with Crippen molar-refractivity contribution in [1.82, 2.24) is 9.78 Å². The molecular weight excluding hydrogens is 174 g/mol. The second-order valence-electron chi connectivity index (χ2n) is 3.16. The van der Waals surface area contributed by atoms with Crippen molar-refractivity contribution in [2.24, 2.45) is 0 Å². The van der Waals surface area contributed by atoms with E-state index in [0.717, 1.165) is 23.5 Å². The highest BCUT2D eigenvalue weighted by Crippen LogP contribution is 2.16. The first kappa shape index (κ1) is 8.81. The second kappa shape index (κ2) is 3.54. The van der Waals surface area contributed by atoms with Crippen LogP contribution in [0, 0.1) is 0 Å². The highest BCUT2D eigenvalue weighted by molar-refractivity contribution is 5.46.